The largest absolute Gasteiger partial charge is 0.431 e. The maximum atomic E-state index is 13.2. The van der Waals surface area contributed by atoms with Crippen LogP contribution in [0.4, 0.5) is 22.0 Å². The Morgan fingerprint density at radius 1 is 1.24 bits per heavy atom. The van der Waals surface area contributed by atoms with Crippen LogP contribution in [0.5, 0.6) is 5.75 Å². The van der Waals surface area contributed by atoms with Crippen LogP contribution in [0.25, 0.3) is 0 Å². The van der Waals surface area contributed by atoms with Crippen molar-refractivity contribution < 1.29 is 31.5 Å². The number of carbonyl (C=O) groups is 1. The van der Waals surface area contributed by atoms with Crippen LogP contribution in [0, 0.1) is 5.82 Å². The summed E-state index contributed by atoms with van der Waals surface area (Å²) in [6.45, 7) is -2.41. The lowest BCUT2D eigenvalue weighted by Crippen LogP contribution is -2.09. The minimum Gasteiger partial charge on any atom is -0.431 e. The molecule has 2 nitrogen and oxygen atoms in total. The summed E-state index contributed by atoms with van der Waals surface area (Å²) in [6, 6.07) is 0.989. The predicted molar refractivity (Wildman–Crippen MR) is 48.0 cm³/mol. The highest BCUT2D eigenvalue weighted by molar-refractivity contribution is 5.97. The number of rotatable bonds is 4. The van der Waals surface area contributed by atoms with Gasteiger partial charge in [0.2, 0.25) is 0 Å². The molecule has 0 radical (unpaired) electrons. The molecule has 0 saturated carbocycles. The molecule has 0 aromatic heterocycles. The Morgan fingerprint density at radius 3 is 2.24 bits per heavy atom. The summed E-state index contributed by atoms with van der Waals surface area (Å²) in [6.07, 6.45) is -3.01. The van der Waals surface area contributed by atoms with E-state index in [0.29, 0.717) is 12.1 Å². The molecule has 0 fully saturated rings. The molecule has 0 aliphatic rings. The fraction of sp³-hybridized carbons (Fsp3) is 0.300. The van der Waals surface area contributed by atoms with E-state index in [9.17, 15) is 26.7 Å². The molecule has 0 aliphatic heterocycles. The van der Waals surface area contributed by atoms with E-state index in [0.717, 1.165) is 6.92 Å². The second-order valence-corrected chi connectivity index (χ2v) is 3.11. The Balaban J connectivity index is 3.33. The first kappa shape index (κ1) is 13.4. The van der Waals surface area contributed by atoms with Crippen molar-refractivity contribution in [3.05, 3.63) is 29.1 Å². The average molecular weight is 254 g/mol. The van der Waals surface area contributed by atoms with Crippen molar-refractivity contribution in [2.75, 3.05) is 0 Å². The molecule has 17 heavy (non-hydrogen) atoms. The fourth-order valence-electron chi connectivity index (χ4n) is 1.21. The van der Waals surface area contributed by atoms with Gasteiger partial charge in [-0.1, -0.05) is 0 Å². The van der Waals surface area contributed by atoms with E-state index in [2.05, 4.69) is 4.74 Å². The number of halogens is 5. The molecule has 0 bridgehead atoms. The highest BCUT2D eigenvalue weighted by atomic mass is 19.3. The number of Topliss-reactive ketones (excluding diaryl/α,β-unsaturated/α-hetero) is 1. The molecule has 0 aliphatic carbocycles. The van der Waals surface area contributed by atoms with Crippen LogP contribution in [0.1, 0.15) is 29.3 Å². The summed E-state index contributed by atoms with van der Waals surface area (Å²) < 4.78 is 65.6. The summed E-state index contributed by atoms with van der Waals surface area (Å²) in [5.74, 6) is -3.28. The van der Waals surface area contributed by atoms with Crippen LogP contribution < -0.4 is 4.74 Å². The summed E-state index contributed by atoms with van der Waals surface area (Å²) in [5.41, 5.74) is -1.41. The summed E-state index contributed by atoms with van der Waals surface area (Å²) in [5, 5.41) is 0. The number of hydrogen-bond acceptors (Lipinski definition) is 2. The third-order valence-corrected chi connectivity index (χ3v) is 1.90. The highest BCUT2D eigenvalue weighted by Crippen LogP contribution is 2.30. The summed E-state index contributed by atoms with van der Waals surface area (Å²) in [4.78, 5) is 11.0. The summed E-state index contributed by atoms with van der Waals surface area (Å²) >= 11 is 0. The zero-order chi connectivity index (χ0) is 13.2. The van der Waals surface area contributed by atoms with Gasteiger partial charge in [0.05, 0.1) is 5.56 Å². The number of ketones is 1. The third kappa shape index (κ3) is 3.15. The van der Waals surface area contributed by atoms with Crippen molar-refractivity contribution in [3.63, 3.8) is 0 Å². The molecule has 7 heteroatoms. The highest BCUT2D eigenvalue weighted by Gasteiger charge is 2.21. The first-order valence-corrected chi connectivity index (χ1v) is 4.40. The van der Waals surface area contributed by atoms with Gasteiger partial charge in [0, 0.05) is 5.56 Å². The van der Waals surface area contributed by atoms with Gasteiger partial charge in [0.15, 0.2) is 17.3 Å². The Labute approximate surface area is 93.0 Å². The number of alkyl halides is 4. The van der Waals surface area contributed by atoms with Gasteiger partial charge in [-0.25, -0.2) is 13.2 Å². The lowest BCUT2D eigenvalue weighted by molar-refractivity contribution is -0.0525. The molecule has 1 aromatic carbocycles. The second kappa shape index (κ2) is 5.11. The second-order valence-electron chi connectivity index (χ2n) is 3.11. The van der Waals surface area contributed by atoms with Crippen LogP contribution in [-0.4, -0.2) is 12.4 Å². The summed E-state index contributed by atoms with van der Waals surface area (Å²) in [7, 11) is 0. The maximum Gasteiger partial charge on any atom is 0.387 e. The van der Waals surface area contributed by atoms with Crippen LogP contribution in [0.15, 0.2) is 12.1 Å². The molecule has 94 valence electrons. The van der Waals surface area contributed by atoms with Gasteiger partial charge in [0.1, 0.15) is 0 Å². The number of benzene rings is 1. The van der Waals surface area contributed by atoms with E-state index in [-0.39, 0.29) is 0 Å². The molecule has 0 heterocycles. The Hall–Kier alpha value is -1.66. The first-order valence-electron chi connectivity index (χ1n) is 4.40. The van der Waals surface area contributed by atoms with Crippen LogP contribution >= 0.6 is 0 Å². The molecular formula is C10H7F5O2. The third-order valence-electron chi connectivity index (χ3n) is 1.90. The molecule has 0 spiro atoms. The molecular weight excluding hydrogens is 247 g/mol. The molecule has 0 unspecified atom stereocenters. The van der Waals surface area contributed by atoms with Gasteiger partial charge in [-0.15, -0.1) is 0 Å². The smallest absolute Gasteiger partial charge is 0.387 e. The minimum atomic E-state index is -3.35. The van der Waals surface area contributed by atoms with Crippen molar-refractivity contribution >= 4 is 5.78 Å². The van der Waals surface area contributed by atoms with Crippen molar-refractivity contribution in [1.82, 2.24) is 0 Å². The number of ether oxygens (including phenoxy) is 1. The SMILES string of the molecule is CC(=O)c1cc(C(F)F)cc(F)c1OC(F)F. The van der Waals surface area contributed by atoms with Crippen molar-refractivity contribution in [1.29, 1.82) is 0 Å². The topological polar surface area (TPSA) is 26.3 Å². The lowest BCUT2D eigenvalue weighted by atomic mass is 10.1. The van der Waals surface area contributed by atoms with Gasteiger partial charge in [0.25, 0.3) is 6.43 Å². The lowest BCUT2D eigenvalue weighted by Gasteiger charge is -2.11. The van der Waals surface area contributed by atoms with Gasteiger partial charge in [-0.05, 0) is 19.1 Å². The Morgan fingerprint density at radius 2 is 1.82 bits per heavy atom. The maximum absolute atomic E-state index is 13.2. The normalized spacial score (nSPS) is 11.1. The van der Waals surface area contributed by atoms with Crippen molar-refractivity contribution in [3.8, 4) is 5.75 Å². The van der Waals surface area contributed by atoms with E-state index in [4.69, 9.17) is 0 Å². The molecule has 0 N–H and O–H groups in total. The van der Waals surface area contributed by atoms with Crippen LogP contribution in [0.3, 0.4) is 0 Å². The van der Waals surface area contributed by atoms with Crippen molar-refractivity contribution in [2.45, 2.75) is 20.0 Å². The molecule has 1 aromatic rings. The Kier molecular flexibility index (Phi) is 4.03. The number of hydrogen-bond donors (Lipinski definition) is 0. The number of carbonyl (C=O) groups excluding carboxylic acids is 1. The van der Waals surface area contributed by atoms with Gasteiger partial charge >= 0.3 is 6.61 Å². The van der Waals surface area contributed by atoms with E-state index >= 15 is 0 Å². The van der Waals surface area contributed by atoms with Gasteiger partial charge in [-0.2, -0.15) is 8.78 Å². The molecule has 0 atom stereocenters. The van der Waals surface area contributed by atoms with E-state index in [1.54, 1.807) is 0 Å². The quantitative estimate of drug-likeness (QED) is 0.606. The zero-order valence-electron chi connectivity index (χ0n) is 8.52. The van der Waals surface area contributed by atoms with Crippen LogP contribution in [-0.2, 0) is 0 Å². The molecule has 0 saturated heterocycles. The van der Waals surface area contributed by atoms with Crippen LogP contribution in [0.2, 0.25) is 0 Å². The average Bonchev–Trinajstić information content (AvgIpc) is 2.19. The zero-order valence-corrected chi connectivity index (χ0v) is 8.52. The molecule has 0 amide bonds. The van der Waals surface area contributed by atoms with Crippen molar-refractivity contribution in [2.24, 2.45) is 0 Å². The van der Waals surface area contributed by atoms with E-state index < -0.39 is 41.5 Å². The Bertz CT molecular complexity index is 431. The minimum absolute atomic E-state index is 0.356. The monoisotopic (exact) mass is 254 g/mol. The standard InChI is InChI=1S/C10H7F5O2/c1-4(16)6-2-5(9(12)13)3-7(11)8(6)17-10(14)15/h2-3,9-10H,1H3. The first-order chi connectivity index (χ1) is 7.82. The van der Waals surface area contributed by atoms with E-state index in [1.165, 1.54) is 0 Å². The fourth-order valence-corrected chi connectivity index (χ4v) is 1.21. The molecule has 1 rings (SSSR count). The van der Waals surface area contributed by atoms with Gasteiger partial charge < -0.3 is 4.74 Å². The predicted octanol–water partition coefficient (Wildman–Crippen LogP) is 3.57. The van der Waals surface area contributed by atoms with Gasteiger partial charge in [-0.3, -0.25) is 4.79 Å². The van der Waals surface area contributed by atoms with E-state index in [1.807, 2.05) is 0 Å².